The van der Waals surface area contributed by atoms with Gasteiger partial charge < -0.3 is 10.4 Å². The molecule has 1 aromatic rings. The summed E-state index contributed by atoms with van der Waals surface area (Å²) < 4.78 is 0. The first-order valence-electron chi connectivity index (χ1n) is 5.47. The lowest BCUT2D eigenvalue weighted by Gasteiger charge is -2.19. The summed E-state index contributed by atoms with van der Waals surface area (Å²) >= 11 is 0. The van der Waals surface area contributed by atoms with Gasteiger partial charge in [0.15, 0.2) is 0 Å². The molecule has 0 spiro atoms. The first-order valence-corrected chi connectivity index (χ1v) is 5.47. The molecular formula is C12H20N2O. The van der Waals surface area contributed by atoms with Gasteiger partial charge in [0, 0.05) is 18.4 Å². The molecule has 1 rings (SSSR count). The van der Waals surface area contributed by atoms with Crippen LogP contribution in [0.2, 0.25) is 0 Å². The van der Waals surface area contributed by atoms with Crippen LogP contribution in [0.5, 0.6) is 0 Å². The summed E-state index contributed by atoms with van der Waals surface area (Å²) in [6.45, 7) is 5.30. The first-order chi connectivity index (χ1) is 7.24. The normalized spacial score (nSPS) is 13.1. The zero-order chi connectivity index (χ0) is 11.1. The third kappa shape index (κ3) is 4.40. The molecule has 0 aliphatic rings. The summed E-state index contributed by atoms with van der Waals surface area (Å²) in [6, 6.07) is 4.21. The van der Waals surface area contributed by atoms with Gasteiger partial charge in [-0.25, -0.2) is 0 Å². The van der Waals surface area contributed by atoms with Gasteiger partial charge in [0.05, 0.1) is 6.61 Å². The summed E-state index contributed by atoms with van der Waals surface area (Å²) in [5, 5.41) is 12.5. The van der Waals surface area contributed by atoms with Gasteiger partial charge in [-0.05, 0) is 30.5 Å². The Labute approximate surface area is 91.5 Å². The number of aliphatic hydroxyl groups excluding tert-OH is 1. The highest BCUT2D eigenvalue weighted by molar-refractivity contribution is 5.08. The van der Waals surface area contributed by atoms with Crippen LogP contribution in [0, 0.1) is 5.92 Å². The largest absolute Gasteiger partial charge is 0.395 e. The SMILES string of the molecule is CC(C)[C@@H](CO)NCCc1cccnc1. The van der Waals surface area contributed by atoms with Crippen molar-refractivity contribution in [3.05, 3.63) is 30.1 Å². The number of aromatic nitrogens is 1. The van der Waals surface area contributed by atoms with E-state index < -0.39 is 0 Å². The van der Waals surface area contributed by atoms with E-state index in [0.717, 1.165) is 13.0 Å². The zero-order valence-corrected chi connectivity index (χ0v) is 9.48. The Kier molecular flexibility index (Phi) is 5.29. The molecule has 0 aliphatic carbocycles. The third-order valence-electron chi connectivity index (χ3n) is 2.54. The van der Waals surface area contributed by atoms with Crippen molar-refractivity contribution in [1.82, 2.24) is 10.3 Å². The maximum absolute atomic E-state index is 9.12. The average molecular weight is 208 g/mol. The summed E-state index contributed by atoms with van der Waals surface area (Å²) in [6.07, 6.45) is 4.61. The molecule has 15 heavy (non-hydrogen) atoms. The summed E-state index contributed by atoms with van der Waals surface area (Å²) in [5.74, 6) is 0.462. The van der Waals surface area contributed by atoms with Gasteiger partial charge in [-0.3, -0.25) is 4.98 Å². The minimum absolute atomic E-state index is 0.196. The number of rotatable bonds is 6. The molecule has 0 amide bonds. The van der Waals surface area contributed by atoms with Crippen LogP contribution in [0.4, 0.5) is 0 Å². The number of hydrogen-bond donors (Lipinski definition) is 2. The molecule has 0 unspecified atom stereocenters. The fourth-order valence-electron chi connectivity index (χ4n) is 1.46. The molecule has 0 saturated heterocycles. The smallest absolute Gasteiger partial charge is 0.0587 e. The predicted molar refractivity (Wildman–Crippen MR) is 61.7 cm³/mol. The van der Waals surface area contributed by atoms with Gasteiger partial charge >= 0.3 is 0 Å². The monoisotopic (exact) mass is 208 g/mol. The molecule has 0 aliphatic heterocycles. The summed E-state index contributed by atoms with van der Waals surface area (Å²) in [7, 11) is 0. The summed E-state index contributed by atoms with van der Waals surface area (Å²) in [4.78, 5) is 4.06. The molecule has 1 aromatic heterocycles. The van der Waals surface area contributed by atoms with Crippen molar-refractivity contribution in [2.75, 3.05) is 13.2 Å². The van der Waals surface area contributed by atoms with E-state index in [4.69, 9.17) is 5.11 Å². The summed E-state index contributed by atoms with van der Waals surface area (Å²) in [5.41, 5.74) is 1.23. The number of aliphatic hydroxyl groups is 1. The Bertz CT molecular complexity index is 262. The van der Waals surface area contributed by atoms with Crippen molar-refractivity contribution in [2.45, 2.75) is 26.3 Å². The molecule has 0 bridgehead atoms. The van der Waals surface area contributed by atoms with Crippen LogP contribution in [0.1, 0.15) is 19.4 Å². The Morgan fingerprint density at radius 3 is 2.80 bits per heavy atom. The molecule has 3 nitrogen and oxygen atoms in total. The number of nitrogens with one attached hydrogen (secondary N) is 1. The Morgan fingerprint density at radius 2 is 2.27 bits per heavy atom. The van der Waals surface area contributed by atoms with Gasteiger partial charge in [-0.1, -0.05) is 19.9 Å². The zero-order valence-electron chi connectivity index (χ0n) is 9.48. The second-order valence-corrected chi connectivity index (χ2v) is 4.10. The maximum atomic E-state index is 9.12. The van der Waals surface area contributed by atoms with Crippen LogP contribution in [-0.2, 0) is 6.42 Å². The number of hydrogen-bond acceptors (Lipinski definition) is 3. The molecule has 0 fully saturated rings. The van der Waals surface area contributed by atoms with Crippen molar-refractivity contribution in [3.63, 3.8) is 0 Å². The van der Waals surface area contributed by atoms with E-state index >= 15 is 0 Å². The fourth-order valence-corrected chi connectivity index (χ4v) is 1.46. The van der Waals surface area contributed by atoms with E-state index in [1.807, 2.05) is 12.3 Å². The van der Waals surface area contributed by atoms with Crippen LogP contribution >= 0.6 is 0 Å². The second kappa shape index (κ2) is 6.53. The maximum Gasteiger partial charge on any atom is 0.0587 e. The molecule has 0 aromatic carbocycles. The van der Waals surface area contributed by atoms with Crippen molar-refractivity contribution >= 4 is 0 Å². The minimum atomic E-state index is 0.196. The standard InChI is InChI=1S/C12H20N2O/c1-10(2)12(9-15)14-7-5-11-4-3-6-13-8-11/h3-4,6,8,10,12,14-15H,5,7,9H2,1-2H3/t12-/m1/s1. The van der Waals surface area contributed by atoms with Gasteiger partial charge in [-0.15, -0.1) is 0 Å². The van der Waals surface area contributed by atoms with Crippen molar-refractivity contribution in [2.24, 2.45) is 5.92 Å². The molecule has 1 atom stereocenters. The minimum Gasteiger partial charge on any atom is -0.395 e. The lowest BCUT2D eigenvalue weighted by atomic mass is 10.1. The first kappa shape index (κ1) is 12.1. The molecular weight excluding hydrogens is 188 g/mol. The van der Waals surface area contributed by atoms with Gasteiger partial charge in [0.2, 0.25) is 0 Å². The van der Waals surface area contributed by atoms with Crippen molar-refractivity contribution < 1.29 is 5.11 Å². The molecule has 0 saturated carbocycles. The molecule has 84 valence electrons. The lowest BCUT2D eigenvalue weighted by molar-refractivity contribution is 0.212. The topological polar surface area (TPSA) is 45.1 Å². The highest BCUT2D eigenvalue weighted by Gasteiger charge is 2.10. The highest BCUT2D eigenvalue weighted by Crippen LogP contribution is 2.01. The van der Waals surface area contributed by atoms with Gasteiger partial charge in [0.1, 0.15) is 0 Å². The van der Waals surface area contributed by atoms with E-state index in [-0.39, 0.29) is 12.6 Å². The molecule has 1 heterocycles. The number of pyridine rings is 1. The number of nitrogens with zero attached hydrogens (tertiary/aromatic N) is 1. The Morgan fingerprint density at radius 1 is 1.47 bits per heavy atom. The van der Waals surface area contributed by atoms with Crippen LogP contribution in [0.3, 0.4) is 0 Å². The quantitative estimate of drug-likeness (QED) is 0.739. The molecule has 0 radical (unpaired) electrons. The lowest BCUT2D eigenvalue weighted by Crippen LogP contribution is -2.38. The van der Waals surface area contributed by atoms with Crippen LogP contribution in [0.25, 0.3) is 0 Å². The second-order valence-electron chi connectivity index (χ2n) is 4.10. The van der Waals surface area contributed by atoms with E-state index in [1.54, 1.807) is 6.20 Å². The van der Waals surface area contributed by atoms with E-state index in [9.17, 15) is 0 Å². The highest BCUT2D eigenvalue weighted by atomic mass is 16.3. The van der Waals surface area contributed by atoms with Crippen LogP contribution < -0.4 is 5.32 Å². The Hall–Kier alpha value is -0.930. The predicted octanol–water partition coefficient (Wildman–Crippen LogP) is 1.23. The van der Waals surface area contributed by atoms with Crippen molar-refractivity contribution in [1.29, 1.82) is 0 Å². The van der Waals surface area contributed by atoms with Crippen molar-refractivity contribution in [3.8, 4) is 0 Å². The van der Waals surface area contributed by atoms with E-state index in [1.165, 1.54) is 5.56 Å². The molecule has 2 N–H and O–H groups in total. The third-order valence-corrected chi connectivity index (χ3v) is 2.54. The Balaban J connectivity index is 2.27. The molecule has 3 heteroatoms. The van der Waals surface area contributed by atoms with Gasteiger partial charge in [0.25, 0.3) is 0 Å². The van der Waals surface area contributed by atoms with Gasteiger partial charge in [-0.2, -0.15) is 0 Å². The fraction of sp³-hybridized carbons (Fsp3) is 0.583. The van der Waals surface area contributed by atoms with E-state index in [2.05, 4.69) is 30.2 Å². The van der Waals surface area contributed by atoms with Crippen LogP contribution in [-0.4, -0.2) is 29.3 Å². The van der Waals surface area contributed by atoms with E-state index in [0.29, 0.717) is 5.92 Å². The van der Waals surface area contributed by atoms with Crippen LogP contribution in [0.15, 0.2) is 24.5 Å². The average Bonchev–Trinajstić information content (AvgIpc) is 2.25.